The van der Waals surface area contributed by atoms with Crippen LogP contribution < -0.4 is 10.9 Å². The number of carbonyl (C=O) groups is 3. The molecule has 0 bridgehead atoms. The number of para-hydroxylation sites is 2. The molecule has 144 valence electrons. The number of aromatic nitrogens is 1. The van der Waals surface area contributed by atoms with Crippen LogP contribution in [0.3, 0.4) is 0 Å². The molecule has 0 fully saturated rings. The number of hydrazine groups is 1. The average Bonchev–Trinajstić information content (AvgIpc) is 3.14. The Morgan fingerprint density at radius 1 is 1.07 bits per heavy atom. The summed E-state index contributed by atoms with van der Waals surface area (Å²) in [7, 11) is 0. The lowest BCUT2D eigenvalue weighted by Gasteiger charge is -2.13. The summed E-state index contributed by atoms with van der Waals surface area (Å²) >= 11 is 1.07. The van der Waals surface area contributed by atoms with Gasteiger partial charge in [-0.3, -0.25) is 25.2 Å². The first-order chi connectivity index (χ1) is 13.5. The summed E-state index contributed by atoms with van der Waals surface area (Å²) in [4.78, 5) is 40.0. The van der Waals surface area contributed by atoms with Gasteiger partial charge in [-0.25, -0.2) is 4.98 Å². The predicted molar refractivity (Wildman–Crippen MR) is 102 cm³/mol. The Bertz CT molecular complexity index is 956. The normalized spacial score (nSPS) is 11.6. The number of benzene rings is 2. The number of thioether (sulfide) groups is 1. The summed E-state index contributed by atoms with van der Waals surface area (Å²) in [5, 5.41) is 0.338. The van der Waals surface area contributed by atoms with Crippen molar-refractivity contribution in [2.24, 2.45) is 0 Å². The number of rotatable bonds is 6. The van der Waals surface area contributed by atoms with E-state index in [1.165, 1.54) is 6.92 Å². The van der Waals surface area contributed by atoms with Crippen LogP contribution in [0.25, 0.3) is 11.1 Å². The lowest BCUT2D eigenvalue weighted by Crippen LogP contribution is -2.46. The highest BCUT2D eigenvalue weighted by molar-refractivity contribution is 7.99. The lowest BCUT2D eigenvalue weighted by molar-refractivity contribution is -0.152. The number of nitrogens with one attached hydrogen (secondary N) is 2. The van der Waals surface area contributed by atoms with E-state index in [1.54, 1.807) is 42.5 Å². The second kappa shape index (κ2) is 9.05. The van der Waals surface area contributed by atoms with Crippen LogP contribution in [0.1, 0.15) is 17.3 Å². The number of oxazole rings is 1. The molecule has 0 saturated heterocycles. The standard InChI is InChI=1S/C19H17N3O5S/c1-12(17(24)21-22-18(25)13-7-3-2-4-8-13)26-16(23)11-28-19-20-14-9-5-6-10-15(14)27-19/h2-10,12H,11H2,1H3,(H,21,24)(H,22,25)/t12-/m1/s1. The van der Waals surface area contributed by atoms with Gasteiger partial charge in [-0.15, -0.1) is 0 Å². The fourth-order valence-electron chi connectivity index (χ4n) is 2.20. The van der Waals surface area contributed by atoms with Crippen LogP contribution in [0.15, 0.2) is 64.2 Å². The Morgan fingerprint density at radius 2 is 1.79 bits per heavy atom. The molecule has 2 N–H and O–H groups in total. The minimum atomic E-state index is -1.08. The second-order valence-electron chi connectivity index (χ2n) is 5.68. The van der Waals surface area contributed by atoms with Crippen molar-refractivity contribution in [1.82, 2.24) is 15.8 Å². The minimum Gasteiger partial charge on any atom is -0.452 e. The lowest BCUT2D eigenvalue weighted by atomic mass is 10.2. The first-order valence-electron chi connectivity index (χ1n) is 8.36. The van der Waals surface area contributed by atoms with E-state index in [-0.39, 0.29) is 5.75 Å². The van der Waals surface area contributed by atoms with E-state index < -0.39 is 23.9 Å². The minimum absolute atomic E-state index is 0.0686. The highest BCUT2D eigenvalue weighted by Gasteiger charge is 2.19. The molecular formula is C19H17N3O5S. The largest absolute Gasteiger partial charge is 0.452 e. The van der Waals surface area contributed by atoms with Gasteiger partial charge in [0.2, 0.25) is 0 Å². The van der Waals surface area contributed by atoms with Crippen LogP contribution in [0.5, 0.6) is 0 Å². The van der Waals surface area contributed by atoms with Crippen molar-refractivity contribution in [3.8, 4) is 0 Å². The van der Waals surface area contributed by atoms with Gasteiger partial charge >= 0.3 is 5.97 Å². The van der Waals surface area contributed by atoms with Gasteiger partial charge in [-0.2, -0.15) is 0 Å². The molecule has 2 amide bonds. The van der Waals surface area contributed by atoms with E-state index in [0.29, 0.717) is 21.9 Å². The molecular weight excluding hydrogens is 382 g/mol. The summed E-state index contributed by atoms with van der Waals surface area (Å²) < 4.78 is 10.5. The molecule has 2 aromatic carbocycles. The monoisotopic (exact) mass is 399 g/mol. The zero-order valence-corrected chi connectivity index (χ0v) is 15.7. The van der Waals surface area contributed by atoms with Crippen LogP contribution >= 0.6 is 11.8 Å². The Balaban J connectivity index is 1.42. The van der Waals surface area contributed by atoms with Gasteiger partial charge in [-0.05, 0) is 31.2 Å². The topological polar surface area (TPSA) is 111 Å². The Kier molecular flexibility index (Phi) is 6.28. The Labute approximate surface area is 164 Å². The maximum atomic E-state index is 12.0. The van der Waals surface area contributed by atoms with Crippen molar-refractivity contribution in [2.75, 3.05) is 5.75 Å². The number of hydrogen-bond donors (Lipinski definition) is 2. The molecule has 1 heterocycles. The van der Waals surface area contributed by atoms with Crippen molar-refractivity contribution in [3.05, 3.63) is 60.2 Å². The predicted octanol–water partition coefficient (Wildman–Crippen LogP) is 2.31. The summed E-state index contributed by atoms with van der Waals surface area (Å²) in [5.74, 6) is -1.80. The molecule has 3 aromatic rings. The van der Waals surface area contributed by atoms with E-state index in [1.807, 2.05) is 12.1 Å². The molecule has 28 heavy (non-hydrogen) atoms. The molecule has 1 aromatic heterocycles. The highest BCUT2D eigenvalue weighted by Crippen LogP contribution is 2.23. The average molecular weight is 399 g/mol. The fourth-order valence-corrected chi connectivity index (χ4v) is 2.82. The third-order valence-electron chi connectivity index (χ3n) is 3.60. The number of esters is 1. The van der Waals surface area contributed by atoms with Crippen LogP contribution in [-0.4, -0.2) is 34.6 Å². The molecule has 0 unspecified atom stereocenters. The van der Waals surface area contributed by atoms with E-state index in [9.17, 15) is 14.4 Å². The van der Waals surface area contributed by atoms with Gasteiger partial charge in [0.1, 0.15) is 11.3 Å². The number of carbonyl (C=O) groups excluding carboxylic acids is 3. The van der Waals surface area contributed by atoms with Crippen LogP contribution in [-0.2, 0) is 14.3 Å². The summed E-state index contributed by atoms with van der Waals surface area (Å²) in [6.45, 7) is 1.41. The SMILES string of the molecule is C[C@@H](OC(=O)CSc1nc2ccccc2o1)C(=O)NNC(=O)c1ccccc1. The van der Waals surface area contributed by atoms with E-state index in [0.717, 1.165) is 11.8 Å². The molecule has 0 aliphatic rings. The van der Waals surface area contributed by atoms with Crippen LogP contribution in [0.2, 0.25) is 0 Å². The first-order valence-corrected chi connectivity index (χ1v) is 9.34. The molecule has 1 atom stereocenters. The molecule has 0 radical (unpaired) electrons. The van der Waals surface area contributed by atoms with Crippen LogP contribution in [0.4, 0.5) is 0 Å². The molecule has 0 spiro atoms. The molecule has 0 aliphatic carbocycles. The van der Waals surface area contributed by atoms with Gasteiger partial charge in [0.15, 0.2) is 11.7 Å². The zero-order valence-electron chi connectivity index (χ0n) is 14.9. The highest BCUT2D eigenvalue weighted by atomic mass is 32.2. The van der Waals surface area contributed by atoms with Crippen molar-refractivity contribution in [1.29, 1.82) is 0 Å². The molecule has 9 heteroatoms. The van der Waals surface area contributed by atoms with Gasteiger partial charge < -0.3 is 9.15 Å². The molecule has 3 rings (SSSR count). The van der Waals surface area contributed by atoms with E-state index in [2.05, 4.69) is 15.8 Å². The molecule has 0 saturated carbocycles. The zero-order chi connectivity index (χ0) is 19.9. The van der Waals surface area contributed by atoms with Gasteiger partial charge in [0, 0.05) is 5.56 Å². The molecule has 0 aliphatic heterocycles. The smallest absolute Gasteiger partial charge is 0.317 e. The Morgan fingerprint density at radius 3 is 2.54 bits per heavy atom. The first kappa shape index (κ1) is 19.4. The maximum absolute atomic E-state index is 12.0. The van der Waals surface area contributed by atoms with Gasteiger partial charge in [0.25, 0.3) is 17.0 Å². The summed E-state index contributed by atoms with van der Waals surface area (Å²) in [6.07, 6.45) is -1.08. The van der Waals surface area contributed by atoms with E-state index in [4.69, 9.17) is 9.15 Å². The second-order valence-corrected chi connectivity index (χ2v) is 6.60. The number of hydrogen-bond acceptors (Lipinski definition) is 7. The number of nitrogens with zero attached hydrogens (tertiary/aromatic N) is 1. The Hall–Kier alpha value is -3.33. The van der Waals surface area contributed by atoms with Crippen molar-refractivity contribution in [2.45, 2.75) is 18.3 Å². The molecule has 8 nitrogen and oxygen atoms in total. The maximum Gasteiger partial charge on any atom is 0.317 e. The van der Waals surface area contributed by atoms with Crippen LogP contribution in [0, 0.1) is 0 Å². The van der Waals surface area contributed by atoms with E-state index >= 15 is 0 Å². The number of amides is 2. The van der Waals surface area contributed by atoms with Gasteiger partial charge in [0.05, 0.1) is 0 Å². The van der Waals surface area contributed by atoms with Crippen molar-refractivity contribution >= 4 is 40.6 Å². The summed E-state index contributed by atoms with van der Waals surface area (Å²) in [5.41, 5.74) is 6.20. The van der Waals surface area contributed by atoms with Gasteiger partial charge in [-0.1, -0.05) is 42.1 Å². The third-order valence-corrected chi connectivity index (χ3v) is 4.40. The quantitative estimate of drug-likeness (QED) is 0.372. The fraction of sp³-hybridized carbons (Fsp3) is 0.158. The number of fused-ring (bicyclic) bond motifs is 1. The summed E-state index contributed by atoms with van der Waals surface area (Å²) in [6, 6.07) is 15.6. The third kappa shape index (κ3) is 5.10. The van der Waals surface area contributed by atoms with Crippen molar-refractivity contribution in [3.63, 3.8) is 0 Å². The number of ether oxygens (including phenoxy) is 1. The van der Waals surface area contributed by atoms with Crippen molar-refractivity contribution < 1.29 is 23.5 Å².